The Morgan fingerprint density at radius 2 is 1.67 bits per heavy atom. The van der Waals surface area contributed by atoms with Crippen molar-refractivity contribution in [2.24, 2.45) is 5.41 Å². The molecule has 3 nitrogen and oxygen atoms in total. The molecule has 0 atom stereocenters. The van der Waals surface area contributed by atoms with Crippen LogP contribution in [0.5, 0.6) is 0 Å². The van der Waals surface area contributed by atoms with Crippen LogP contribution >= 0.6 is 0 Å². The molecule has 0 spiro atoms. The minimum Gasteiger partial charge on any atom is -0.481 e. The van der Waals surface area contributed by atoms with E-state index < -0.39 is 11.4 Å². The summed E-state index contributed by atoms with van der Waals surface area (Å²) in [7, 11) is 0. The van der Waals surface area contributed by atoms with Crippen LogP contribution in [0.15, 0.2) is 0 Å². The van der Waals surface area contributed by atoms with Gasteiger partial charge in [0.25, 0.3) is 0 Å². The summed E-state index contributed by atoms with van der Waals surface area (Å²) in [5.74, 6) is -0.563. The van der Waals surface area contributed by atoms with Gasteiger partial charge in [-0.2, -0.15) is 0 Å². The summed E-state index contributed by atoms with van der Waals surface area (Å²) in [6.07, 6.45) is 8.73. The summed E-state index contributed by atoms with van der Waals surface area (Å²) in [5, 5.41) is 9.72. The zero-order valence-corrected chi connectivity index (χ0v) is 11.9. The second-order valence-corrected chi connectivity index (χ2v) is 6.84. The van der Waals surface area contributed by atoms with Crippen molar-refractivity contribution in [1.29, 1.82) is 0 Å². The Morgan fingerprint density at radius 3 is 2.11 bits per heavy atom. The summed E-state index contributed by atoms with van der Waals surface area (Å²) in [6, 6.07) is 0. The number of likely N-dealkylation sites (tertiary alicyclic amines) is 1. The lowest BCUT2D eigenvalue weighted by atomic mass is 9.79. The van der Waals surface area contributed by atoms with E-state index in [0.717, 1.165) is 38.8 Å². The molecular weight excluding hydrogens is 226 g/mol. The van der Waals surface area contributed by atoms with E-state index in [-0.39, 0.29) is 5.54 Å². The maximum absolute atomic E-state index is 11.8. The standard InChI is InChI=1S/C15H27NO2/c1-14(2)8-7-11-16(14)12-15(13(17)18)9-5-3-4-6-10-15/h3-12H2,1-2H3,(H,17,18). The lowest BCUT2D eigenvalue weighted by Crippen LogP contribution is -2.48. The number of carbonyl (C=O) groups is 1. The quantitative estimate of drug-likeness (QED) is 0.785. The van der Waals surface area contributed by atoms with Gasteiger partial charge in [0, 0.05) is 12.1 Å². The third kappa shape index (κ3) is 2.71. The van der Waals surface area contributed by atoms with Gasteiger partial charge in [0.05, 0.1) is 5.41 Å². The van der Waals surface area contributed by atoms with Gasteiger partial charge in [-0.15, -0.1) is 0 Å². The summed E-state index contributed by atoms with van der Waals surface area (Å²) in [6.45, 7) is 6.34. The first kappa shape index (κ1) is 13.9. The number of rotatable bonds is 3. The molecule has 0 aromatic rings. The first-order valence-electron chi connectivity index (χ1n) is 7.45. The van der Waals surface area contributed by atoms with E-state index in [1.165, 1.54) is 25.7 Å². The molecule has 1 saturated carbocycles. The van der Waals surface area contributed by atoms with Crippen LogP contribution in [0.3, 0.4) is 0 Å². The van der Waals surface area contributed by atoms with E-state index in [1.807, 2.05) is 0 Å². The zero-order chi connectivity index (χ0) is 13.2. The SMILES string of the molecule is CC1(C)CCCN1CC1(C(=O)O)CCCCCC1. The Morgan fingerprint density at radius 1 is 1.06 bits per heavy atom. The highest BCUT2D eigenvalue weighted by atomic mass is 16.4. The molecule has 1 saturated heterocycles. The van der Waals surface area contributed by atoms with Gasteiger partial charge in [-0.25, -0.2) is 0 Å². The van der Waals surface area contributed by atoms with E-state index in [0.29, 0.717) is 0 Å². The van der Waals surface area contributed by atoms with Crippen LogP contribution in [0, 0.1) is 5.41 Å². The van der Waals surface area contributed by atoms with Gasteiger partial charge in [0.1, 0.15) is 0 Å². The lowest BCUT2D eigenvalue weighted by Gasteiger charge is -2.39. The number of carboxylic acids is 1. The maximum Gasteiger partial charge on any atom is 0.310 e. The third-order valence-corrected chi connectivity index (χ3v) is 5.08. The fourth-order valence-electron chi connectivity index (χ4n) is 3.67. The van der Waals surface area contributed by atoms with Gasteiger partial charge >= 0.3 is 5.97 Å². The molecule has 3 heteroatoms. The van der Waals surface area contributed by atoms with E-state index in [1.54, 1.807) is 0 Å². The third-order valence-electron chi connectivity index (χ3n) is 5.08. The van der Waals surface area contributed by atoms with Gasteiger partial charge in [0.2, 0.25) is 0 Å². The summed E-state index contributed by atoms with van der Waals surface area (Å²) >= 11 is 0. The summed E-state index contributed by atoms with van der Waals surface area (Å²) in [5.41, 5.74) is -0.285. The zero-order valence-electron chi connectivity index (χ0n) is 11.9. The van der Waals surface area contributed by atoms with Crippen molar-refractivity contribution >= 4 is 5.97 Å². The Balaban J connectivity index is 2.12. The smallest absolute Gasteiger partial charge is 0.310 e. The van der Waals surface area contributed by atoms with Gasteiger partial charge < -0.3 is 5.11 Å². The molecule has 0 bridgehead atoms. The fraction of sp³-hybridized carbons (Fsp3) is 0.933. The number of hydrogen-bond donors (Lipinski definition) is 1. The molecule has 2 fully saturated rings. The van der Waals surface area contributed by atoms with E-state index in [2.05, 4.69) is 18.7 Å². The van der Waals surface area contributed by atoms with Crippen LogP contribution in [0.2, 0.25) is 0 Å². The number of carboxylic acid groups (broad SMARTS) is 1. The van der Waals surface area contributed by atoms with Crippen LogP contribution in [-0.2, 0) is 4.79 Å². The fourth-order valence-corrected chi connectivity index (χ4v) is 3.67. The first-order valence-corrected chi connectivity index (χ1v) is 7.45. The van der Waals surface area contributed by atoms with E-state index in [9.17, 15) is 9.90 Å². The van der Waals surface area contributed by atoms with Gasteiger partial charge in [-0.05, 0) is 46.1 Å². The molecule has 0 aromatic carbocycles. The second kappa shape index (κ2) is 5.20. The molecule has 2 rings (SSSR count). The maximum atomic E-state index is 11.8. The van der Waals surface area contributed by atoms with Crippen molar-refractivity contribution in [1.82, 2.24) is 4.90 Å². The van der Waals surface area contributed by atoms with Gasteiger partial charge in [-0.3, -0.25) is 9.69 Å². The van der Waals surface area contributed by atoms with Crippen molar-refractivity contribution in [2.75, 3.05) is 13.1 Å². The van der Waals surface area contributed by atoms with Crippen LogP contribution in [0.1, 0.15) is 65.2 Å². The largest absolute Gasteiger partial charge is 0.481 e. The summed E-state index contributed by atoms with van der Waals surface area (Å²) in [4.78, 5) is 14.2. The first-order chi connectivity index (χ1) is 8.46. The van der Waals surface area contributed by atoms with Crippen molar-refractivity contribution in [3.8, 4) is 0 Å². The van der Waals surface area contributed by atoms with Crippen molar-refractivity contribution in [3.63, 3.8) is 0 Å². The van der Waals surface area contributed by atoms with Crippen molar-refractivity contribution in [3.05, 3.63) is 0 Å². The highest BCUT2D eigenvalue weighted by molar-refractivity contribution is 5.75. The molecule has 1 heterocycles. The average Bonchev–Trinajstić information content (AvgIpc) is 2.53. The molecule has 0 aromatic heterocycles. The Labute approximate surface area is 111 Å². The molecule has 1 aliphatic heterocycles. The predicted octanol–water partition coefficient (Wildman–Crippen LogP) is 3.29. The van der Waals surface area contributed by atoms with E-state index in [4.69, 9.17) is 0 Å². The molecule has 2 aliphatic rings. The predicted molar refractivity (Wildman–Crippen MR) is 72.7 cm³/mol. The molecule has 104 valence electrons. The topological polar surface area (TPSA) is 40.5 Å². The van der Waals surface area contributed by atoms with Crippen molar-refractivity contribution < 1.29 is 9.90 Å². The minimum atomic E-state index is -0.563. The minimum absolute atomic E-state index is 0.189. The highest BCUT2D eigenvalue weighted by Crippen LogP contribution is 2.39. The molecule has 18 heavy (non-hydrogen) atoms. The normalized spacial score (nSPS) is 27.9. The molecule has 0 unspecified atom stereocenters. The Bertz CT molecular complexity index is 304. The van der Waals surface area contributed by atoms with Crippen LogP contribution in [0.4, 0.5) is 0 Å². The van der Waals surface area contributed by atoms with Gasteiger partial charge in [0.15, 0.2) is 0 Å². The molecule has 0 radical (unpaired) electrons. The molecule has 1 aliphatic carbocycles. The highest BCUT2D eigenvalue weighted by Gasteiger charge is 2.44. The van der Waals surface area contributed by atoms with E-state index >= 15 is 0 Å². The average molecular weight is 253 g/mol. The monoisotopic (exact) mass is 253 g/mol. The molecule has 0 amide bonds. The molecule has 1 N–H and O–H groups in total. The van der Waals surface area contributed by atoms with Crippen LogP contribution in [0.25, 0.3) is 0 Å². The van der Waals surface area contributed by atoms with Crippen molar-refractivity contribution in [2.45, 2.75) is 70.8 Å². The second-order valence-electron chi connectivity index (χ2n) is 6.84. The number of hydrogen-bond acceptors (Lipinski definition) is 2. The van der Waals surface area contributed by atoms with Crippen LogP contribution < -0.4 is 0 Å². The number of aliphatic carboxylic acids is 1. The van der Waals surface area contributed by atoms with Gasteiger partial charge in [-0.1, -0.05) is 25.7 Å². The Hall–Kier alpha value is -0.570. The number of nitrogens with zero attached hydrogens (tertiary/aromatic N) is 1. The summed E-state index contributed by atoms with van der Waals surface area (Å²) < 4.78 is 0. The lowest BCUT2D eigenvalue weighted by molar-refractivity contribution is -0.151. The Kier molecular flexibility index (Phi) is 4.00. The van der Waals surface area contributed by atoms with Crippen LogP contribution in [-0.4, -0.2) is 34.6 Å². The molecular formula is C15H27NO2.